The Hall–Kier alpha value is -2.49. The summed E-state index contributed by atoms with van der Waals surface area (Å²) in [7, 11) is 0. The maximum atomic E-state index is 12.7. The highest BCUT2D eigenvalue weighted by molar-refractivity contribution is 7.13. The van der Waals surface area contributed by atoms with Crippen molar-refractivity contribution in [2.24, 2.45) is 5.92 Å². The molecule has 3 unspecified atom stereocenters. The van der Waals surface area contributed by atoms with Gasteiger partial charge in [0.05, 0.1) is 31.4 Å². The lowest BCUT2D eigenvalue weighted by Crippen LogP contribution is -2.43. The number of hydrogen-bond donors (Lipinski definition) is 3. The molecule has 0 radical (unpaired) electrons. The zero-order valence-electron chi connectivity index (χ0n) is 14.7. The molecule has 8 nitrogen and oxygen atoms in total. The number of aromatic nitrogens is 1. The summed E-state index contributed by atoms with van der Waals surface area (Å²) >= 11 is 1.28. The lowest BCUT2D eigenvalue weighted by Gasteiger charge is -2.29. The van der Waals surface area contributed by atoms with Crippen LogP contribution in [0.25, 0.3) is 0 Å². The lowest BCUT2D eigenvalue weighted by molar-refractivity contribution is -0.142. The third-order valence-electron chi connectivity index (χ3n) is 4.63. The highest BCUT2D eigenvalue weighted by Crippen LogP contribution is 2.39. The Morgan fingerprint density at radius 2 is 2.22 bits per heavy atom. The van der Waals surface area contributed by atoms with E-state index in [1.165, 1.54) is 11.3 Å². The third kappa shape index (κ3) is 3.66. The first-order valence-electron chi connectivity index (χ1n) is 8.79. The minimum absolute atomic E-state index is 0.0152. The standard InChI is InChI=1S/C18H20N4O4S/c1-2-25-14(23)7-10-9-27-18(19-10)20-17(24)16-12-8-26-13-6-4-3-5-11(13)15(12)21-22-16/h3-6,9,12,15-16,21-22H,2,7-8H2,1H3,(H,19,20,24). The van der Waals surface area contributed by atoms with Crippen LogP contribution in [0.5, 0.6) is 5.75 Å². The van der Waals surface area contributed by atoms with Crippen LogP contribution in [-0.4, -0.2) is 36.1 Å². The Morgan fingerprint density at radius 3 is 3.07 bits per heavy atom. The maximum Gasteiger partial charge on any atom is 0.311 e. The SMILES string of the molecule is CCOC(=O)Cc1csc(NC(=O)C2NNC3c4ccccc4OCC23)n1. The number of para-hydroxylation sites is 1. The second-order valence-electron chi connectivity index (χ2n) is 6.37. The van der Waals surface area contributed by atoms with Gasteiger partial charge in [-0.05, 0) is 13.0 Å². The molecule has 1 saturated heterocycles. The van der Waals surface area contributed by atoms with Gasteiger partial charge in [-0.15, -0.1) is 11.3 Å². The normalized spacial score (nSPS) is 23.1. The van der Waals surface area contributed by atoms with Crippen molar-refractivity contribution in [3.8, 4) is 5.75 Å². The van der Waals surface area contributed by atoms with Crippen molar-refractivity contribution in [1.82, 2.24) is 15.8 Å². The Bertz CT molecular complexity index is 855. The van der Waals surface area contributed by atoms with Gasteiger partial charge in [-0.2, -0.15) is 0 Å². The van der Waals surface area contributed by atoms with Crippen molar-refractivity contribution in [3.63, 3.8) is 0 Å². The summed E-state index contributed by atoms with van der Waals surface area (Å²) < 4.78 is 10.7. The first kappa shape index (κ1) is 17.9. The molecule has 1 amide bonds. The number of rotatable bonds is 5. The first-order chi connectivity index (χ1) is 13.2. The largest absolute Gasteiger partial charge is 0.493 e. The summed E-state index contributed by atoms with van der Waals surface area (Å²) in [6, 6.07) is 7.40. The van der Waals surface area contributed by atoms with Gasteiger partial charge in [-0.3, -0.25) is 9.59 Å². The average molecular weight is 388 g/mol. The molecule has 3 atom stereocenters. The second kappa shape index (κ2) is 7.63. The van der Waals surface area contributed by atoms with Crippen LogP contribution in [-0.2, 0) is 20.7 Å². The van der Waals surface area contributed by atoms with Gasteiger partial charge in [0, 0.05) is 16.9 Å². The molecule has 27 heavy (non-hydrogen) atoms. The Kier molecular flexibility index (Phi) is 5.06. The fraction of sp³-hybridized carbons (Fsp3) is 0.389. The summed E-state index contributed by atoms with van der Waals surface area (Å²) in [5.74, 6) is 0.301. The van der Waals surface area contributed by atoms with Crippen molar-refractivity contribution in [3.05, 3.63) is 40.9 Å². The molecule has 0 saturated carbocycles. The van der Waals surface area contributed by atoms with Crippen molar-refractivity contribution in [1.29, 1.82) is 0 Å². The van der Waals surface area contributed by atoms with Gasteiger partial charge in [-0.25, -0.2) is 15.8 Å². The Labute approximate surface area is 160 Å². The third-order valence-corrected chi connectivity index (χ3v) is 5.44. The number of carbonyl (C=O) groups excluding carboxylic acids is 2. The number of nitrogens with one attached hydrogen (secondary N) is 3. The highest BCUT2D eigenvalue weighted by atomic mass is 32.1. The zero-order valence-corrected chi connectivity index (χ0v) is 15.5. The smallest absolute Gasteiger partial charge is 0.311 e. The number of amides is 1. The van der Waals surface area contributed by atoms with Crippen LogP contribution in [0.2, 0.25) is 0 Å². The number of ether oxygens (including phenoxy) is 2. The van der Waals surface area contributed by atoms with Gasteiger partial charge in [0.15, 0.2) is 5.13 Å². The van der Waals surface area contributed by atoms with Crippen molar-refractivity contribution >= 4 is 28.3 Å². The van der Waals surface area contributed by atoms with Crippen molar-refractivity contribution in [2.45, 2.75) is 25.4 Å². The molecular weight excluding hydrogens is 368 g/mol. The topological polar surface area (TPSA) is 102 Å². The molecule has 9 heteroatoms. The van der Waals surface area contributed by atoms with E-state index in [-0.39, 0.29) is 30.3 Å². The predicted molar refractivity (Wildman–Crippen MR) is 99.3 cm³/mol. The number of thiazole rings is 1. The number of nitrogens with zero attached hydrogens (tertiary/aromatic N) is 1. The molecular formula is C18H20N4O4S. The molecule has 3 heterocycles. The Morgan fingerprint density at radius 1 is 1.37 bits per heavy atom. The van der Waals surface area contributed by atoms with Crippen LogP contribution in [0.1, 0.15) is 24.2 Å². The molecule has 0 spiro atoms. The molecule has 142 valence electrons. The highest BCUT2D eigenvalue weighted by Gasteiger charge is 2.44. The van der Waals surface area contributed by atoms with Crippen LogP contribution in [0.4, 0.5) is 5.13 Å². The minimum atomic E-state index is -0.444. The first-order valence-corrected chi connectivity index (χ1v) is 9.67. The van der Waals surface area contributed by atoms with E-state index >= 15 is 0 Å². The average Bonchev–Trinajstić information content (AvgIpc) is 3.28. The van der Waals surface area contributed by atoms with Crippen LogP contribution < -0.4 is 20.9 Å². The minimum Gasteiger partial charge on any atom is -0.493 e. The number of benzene rings is 1. The number of hydrazine groups is 1. The fourth-order valence-corrected chi connectivity index (χ4v) is 4.10. The molecule has 0 bridgehead atoms. The maximum absolute atomic E-state index is 12.7. The van der Waals surface area contributed by atoms with E-state index in [0.29, 0.717) is 24.0 Å². The molecule has 0 aliphatic carbocycles. The van der Waals surface area contributed by atoms with Gasteiger partial charge in [0.25, 0.3) is 0 Å². The van der Waals surface area contributed by atoms with E-state index in [4.69, 9.17) is 9.47 Å². The van der Waals surface area contributed by atoms with Crippen molar-refractivity contribution < 1.29 is 19.1 Å². The monoisotopic (exact) mass is 388 g/mol. The molecule has 2 aliphatic rings. The van der Waals surface area contributed by atoms with E-state index in [1.54, 1.807) is 12.3 Å². The lowest BCUT2D eigenvalue weighted by atomic mass is 9.87. The van der Waals surface area contributed by atoms with Gasteiger partial charge >= 0.3 is 5.97 Å². The zero-order chi connectivity index (χ0) is 18.8. The van der Waals surface area contributed by atoms with E-state index < -0.39 is 6.04 Å². The van der Waals surface area contributed by atoms with E-state index in [2.05, 4.69) is 21.2 Å². The van der Waals surface area contributed by atoms with Gasteiger partial charge < -0.3 is 14.8 Å². The predicted octanol–water partition coefficient (Wildman–Crippen LogP) is 1.41. The van der Waals surface area contributed by atoms with E-state index in [9.17, 15) is 9.59 Å². The van der Waals surface area contributed by atoms with Gasteiger partial charge in [0.2, 0.25) is 5.91 Å². The van der Waals surface area contributed by atoms with Crippen molar-refractivity contribution in [2.75, 3.05) is 18.5 Å². The van der Waals surface area contributed by atoms with Gasteiger partial charge in [0.1, 0.15) is 11.8 Å². The fourth-order valence-electron chi connectivity index (χ4n) is 3.39. The summed E-state index contributed by atoms with van der Waals surface area (Å²) in [5, 5.41) is 5.03. The summed E-state index contributed by atoms with van der Waals surface area (Å²) in [6.07, 6.45) is 0.0960. The molecule has 1 fully saturated rings. The quantitative estimate of drug-likeness (QED) is 0.666. The summed E-state index contributed by atoms with van der Waals surface area (Å²) in [4.78, 5) is 28.5. The van der Waals surface area contributed by atoms with Gasteiger partial charge in [-0.1, -0.05) is 18.2 Å². The van der Waals surface area contributed by atoms with E-state index in [1.807, 2.05) is 24.3 Å². The molecule has 2 aliphatic heterocycles. The summed E-state index contributed by atoms with van der Waals surface area (Å²) in [6.45, 7) is 2.54. The molecule has 2 aromatic rings. The van der Waals surface area contributed by atoms with Crippen LogP contribution >= 0.6 is 11.3 Å². The van der Waals surface area contributed by atoms with Crippen LogP contribution in [0.15, 0.2) is 29.6 Å². The molecule has 3 N–H and O–H groups in total. The molecule has 1 aromatic carbocycles. The van der Waals surface area contributed by atoms with Crippen LogP contribution in [0.3, 0.4) is 0 Å². The van der Waals surface area contributed by atoms with Crippen LogP contribution in [0, 0.1) is 5.92 Å². The summed E-state index contributed by atoms with van der Waals surface area (Å²) in [5.41, 5.74) is 7.91. The number of esters is 1. The molecule has 4 rings (SSSR count). The number of carbonyl (C=O) groups is 2. The second-order valence-corrected chi connectivity index (χ2v) is 7.23. The Balaban J connectivity index is 1.40. The number of fused-ring (bicyclic) bond motifs is 3. The number of anilines is 1. The number of hydrogen-bond acceptors (Lipinski definition) is 8. The molecule has 1 aromatic heterocycles. The van der Waals surface area contributed by atoms with E-state index in [0.717, 1.165) is 11.3 Å².